The minimum Gasteiger partial charge on any atom is -0.491 e. The normalized spacial score (nSPS) is 21.3. The van der Waals surface area contributed by atoms with Gasteiger partial charge in [0.1, 0.15) is 24.0 Å². The molecule has 0 bridgehead atoms. The van der Waals surface area contributed by atoms with Gasteiger partial charge in [-0.05, 0) is 36.6 Å². The van der Waals surface area contributed by atoms with Crippen LogP contribution >= 0.6 is 11.8 Å². The monoisotopic (exact) mass is 435 g/mol. The molecule has 2 heterocycles. The Morgan fingerprint density at radius 1 is 1.13 bits per heavy atom. The van der Waals surface area contributed by atoms with Crippen LogP contribution in [0.4, 0.5) is 14.5 Å². The zero-order chi connectivity index (χ0) is 21.1. The third kappa shape index (κ3) is 4.88. The first-order valence-electron chi connectivity index (χ1n) is 10.2. The van der Waals surface area contributed by atoms with E-state index in [1.165, 1.54) is 17.3 Å². The molecule has 2 aromatic rings. The summed E-state index contributed by atoms with van der Waals surface area (Å²) in [6, 6.07) is 12.2. The Bertz CT molecular complexity index is 864. The van der Waals surface area contributed by atoms with Gasteiger partial charge in [-0.3, -0.25) is 0 Å². The van der Waals surface area contributed by atoms with E-state index in [0.29, 0.717) is 12.6 Å². The third-order valence-corrected chi connectivity index (χ3v) is 6.75. The van der Waals surface area contributed by atoms with Crippen LogP contribution in [0.15, 0.2) is 42.5 Å². The Balaban J connectivity index is 1.27. The van der Waals surface area contributed by atoms with Crippen molar-refractivity contribution in [3.8, 4) is 5.75 Å². The molecule has 0 aliphatic carbocycles. The fourth-order valence-electron chi connectivity index (χ4n) is 4.17. The molecule has 1 fully saturated rings. The minimum atomic E-state index is -0.959. The molecule has 2 aliphatic rings. The molecular weight excluding hydrogens is 408 g/mol. The van der Waals surface area contributed by atoms with Gasteiger partial charge in [0.25, 0.3) is 0 Å². The first-order valence-corrected chi connectivity index (χ1v) is 11.3. The molecule has 5 nitrogen and oxygen atoms in total. The van der Waals surface area contributed by atoms with Gasteiger partial charge in [0.05, 0.1) is 0 Å². The number of anilines is 1. The second-order valence-electron chi connectivity index (χ2n) is 7.81. The maximum atomic E-state index is 13.2. The second kappa shape index (κ2) is 9.51. The standard InChI is InChI=1S/C22H27F2N3O2S/c23-19-6-5-18(11-20(19)24)29-13-17(28)12-26-9-7-16(8-10-26)27-21-4-2-1-3-15(21)14-30-22(27)25/h1-6,11,16-17,22,28H,7-10,12-14,25H2. The van der Waals surface area contributed by atoms with Crippen LogP contribution in [0.5, 0.6) is 5.75 Å². The van der Waals surface area contributed by atoms with E-state index in [4.69, 9.17) is 10.5 Å². The van der Waals surface area contributed by atoms with Gasteiger partial charge < -0.3 is 25.4 Å². The first kappa shape index (κ1) is 21.4. The average molecular weight is 436 g/mol. The van der Waals surface area contributed by atoms with Crippen molar-refractivity contribution in [2.75, 3.05) is 31.1 Å². The summed E-state index contributed by atoms with van der Waals surface area (Å²) in [7, 11) is 0. The quantitative estimate of drug-likeness (QED) is 0.727. The van der Waals surface area contributed by atoms with E-state index in [-0.39, 0.29) is 17.9 Å². The Morgan fingerprint density at radius 2 is 1.90 bits per heavy atom. The van der Waals surface area contributed by atoms with Gasteiger partial charge >= 0.3 is 0 Å². The average Bonchev–Trinajstić information content (AvgIpc) is 2.75. The Morgan fingerprint density at radius 3 is 2.67 bits per heavy atom. The highest BCUT2D eigenvalue weighted by atomic mass is 32.2. The lowest BCUT2D eigenvalue weighted by molar-refractivity contribution is 0.0590. The van der Waals surface area contributed by atoms with Crippen molar-refractivity contribution in [2.24, 2.45) is 5.73 Å². The van der Waals surface area contributed by atoms with E-state index in [1.54, 1.807) is 11.8 Å². The number of piperidine rings is 1. The van der Waals surface area contributed by atoms with Crippen molar-refractivity contribution in [1.82, 2.24) is 4.90 Å². The molecule has 4 rings (SSSR count). The first-order chi connectivity index (χ1) is 14.5. The summed E-state index contributed by atoms with van der Waals surface area (Å²) < 4.78 is 31.6. The molecule has 0 saturated carbocycles. The predicted octanol–water partition coefficient (Wildman–Crippen LogP) is 3.16. The van der Waals surface area contributed by atoms with Crippen LogP contribution in [0.25, 0.3) is 0 Å². The van der Waals surface area contributed by atoms with E-state index >= 15 is 0 Å². The van der Waals surface area contributed by atoms with Crippen LogP contribution in [-0.2, 0) is 5.75 Å². The number of nitrogens with two attached hydrogens (primary N) is 1. The molecule has 2 unspecified atom stereocenters. The van der Waals surface area contributed by atoms with E-state index < -0.39 is 17.7 Å². The van der Waals surface area contributed by atoms with Gasteiger partial charge in [-0.15, -0.1) is 11.8 Å². The van der Waals surface area contributed by atoms with Crippen LogP contribution in [0.3, 0.4) is 0 Å². The highest BCUT2D eigenvalue weighted by Crippen LogP contribution is 2.37. The van der Waals surface area contributed by atoms with Crippen LogP contribution in [0, 0.1) is 11.6 Å². The van der Waals surface area contributed by atoms with Crippen LogP contribution < -0.4 is 15.4 Å². The summed E-state index contributed by atoms with van der Waals surface area (Å²) in [4.78, 5) is 4.56. The zero-order valence-electron chi connectivity index (χ0n) is 16.7. The third-order valence-electron chi connectivity index (χ3n) is 5.71. The number of thioether (sulfide) groups is 1. The number of fused-ring (bicyclic) bond motifs is 1. The van der Waals surface area contributed by atoms with Crippen molar-refractivity contribution < 1.29 is 18.6 Å². The number of ether oxygens (including phenoxy) is 1. The summed E-state index contributed by atoms with van der Waals surface area (Å²) in [6.07, 6.45) is 1.24. The number of hydrogen-bond donors (Lipinski definition) is 2. The minimum absolute atomic E-state index is 0.0337. The molecule has 0 aromatic heterocycles. The SMILES string of the molecule is NC1SCc2ccccc2N1C1CCN(CC(O)COc2ccc(F)c(F)c2)CC1. The Kier molecular flexibility index (Phi) is 6.77. The highest BCUT2D eigenvalue weighted by molar-refractivity contribution is 7.99. The maximum Gasteiger partial charge on any atom is 0.162 e. The zero-order valence-corrected chi connectivity index (χ0v) is 17.5. The fourth-order valence-corrected chi connectivity index (χ4v) is 5.21. The topological polar surface area (TPSA) is 62.0 Å². The van der Waals surface area contributed by atoms with Crippen LogP contribution in [0.2, 0.25) is 0 Å². The summed E-state index contributed by atoms with van der Waals surface area (Å²) in [5.41, 5.74) is 8.96. The molecule has 2 atom stereocenters. The van der Waals surface area contributed by atoms with Gasteiger partial charge in [-0.2, -0.15) is 0 Å². The molecule has 30 heavy (non-hydrogen) atoms. The summed E-state index contributed by atoms with van der Waals surface area (Å²) >= 11 is 1.76. The summed E-state index contributed by atoms with van der Waals surface area (Å²) in [5.74, 6) is -0.724. The number of likely N-dealkylation sites (tertiary alicyclic amines) is 1. The van der Waals surface area contributed by atoms with Crippen molar-refractivity contribution in [2.45, 2.75) is 36.2 Å². The summed E-state index contributed by atoms with van der Waals surface area (Å²) in [5, 5.41) is 10.3. The van der Waals surface area contributed by atoms with Crippen LogP contribution in [-0.4, -0.2) is 53.9 Å². The van der Waals surface area contributed by atoms with E-state index in [1.807, 2.05) is 0 Å². The number of nitrogens with zero attached hydrogens (tertiary/aromatic N) is 2. The van der Waals surface area contributed by atoms with Crippen molar-refractivity contribution in [3.05, 3.63) is 59.7 Å². The number of rotatable bonds is 6. The molecule has 2 aromatic carbocycles. The van der Waals surface area contributed by atoms with Crippen LogP contribution in [0.1, 0.15) is 18.4 Å². The van der Waals surface area contributed by atoms with E-state index in [9.17, 15) is 13.9 Å². The molecule has 162 valence electrons. The lowest BCUT2D eigenvalue weighted by Crippen LogP contribution is -2.53. The van der Waals surface area contributed by atoms with Gasteiger partial charge in [0, 0.05) is 43.2 Å². The van der Waals surface area contributed by atoms with Crippen molar-refractivity contribution >= 4 is 17.4 Å². The molecule has 0 amide bonds. The predicted molar refractivity (Wildman–Crippen MR) is 116 cm³/mol. The van der Waals surface area contributed by atoms with Gasteiger partial charge in [-0.25, -0.2) is 8.78 Å². The number of β-amino-alcohol motifs (C(OH)–C–C–N with tert-alkyl or cyclic N) is 1. The highest BCUT2D eigenvalue weighted by Gasteiger charge is 2.32. The van der Waals surface area contributed by atoms with Gasteiger partial charge in [-0.1, -0.05) is 18.2 Å². The van der Waals surface area contributed by atoms with E-state index in [0.717, 1.165) is 43.8 Å². The molecule has 1 saturated heterocycles. The fraction of sp³-hybridized carbons (Fsp3) is 0.455. The van der Waals surface area contributed by atoms with Crippen molar-refractivity contribution in [1.29, 1.82) is 0 Å². The summed E-state index contributed by atoms with van der Waals surface area (Å²) in [6.45, 7) is 2.24. The van der Waals surface area contributed by atoms with E-state index in [2.05, 4.69) is 34.1 Å². The second-order valence-corrected chi connectivity index (χ2v) is 8.92. The lowest BCUT2D eigenvalue weighted by Gasteiger charge is -2.45. The number of para-hydroxylation sites is 1. The number of aliphatic hydroxyl groups excluding tert-OH is 1. The Hall–Kier alpha value is -1.87. The molecule has 8 heteroatoms. The molecule has 2 aliphatic heterocycles. The largest absolute Gasteiger partial charge is 0.491 e. The van der Waals surface area contributed by atoms with Gasteiger partial charge in [0.2, 0.25) is 0 Å². The molecular formula is C22H27F2N3O2S. The lowest BCUT2D eigenvalue weighted by atomic mass is 10.0. The molecule has 0 radical (unpaired) electrons. The maximum absolute atomic E-state index is 13.2. The van der Waals surface area contributed by atoms with Gasteiger partial charge in [0.15, 0.2) is 11.6 Å². The number of halogens is 2. The smallest absolute Gasteiger partial charge is 0.162 e. The number of aliphatic hydroxyl groups is 1. The molecule has 3 N–H and O–H groups in total. The Labute approximate surface area is 179 Å². The number of benzene rings is 2. The number of hydrogen-bond acceptors (Lipinski definition) is 6. The molecule has 0 spiro atoms. The van der Waals surface area contributed by atoms with Crippen molar-refractivity contribution in [3.63, 3.8) is 0 Å².